The fraction of sp³-hybridized carbons (Fsp3) is 0.474. The second-order valence-electron chi connectivity index (χ2n) is 6.15. The lowest BCUT2D eigenvalue weighted by Crippen LogP contribution is -2.37. The highest BCUT2D eigenvalue weighted by atomic mass is 127. The van der Waals surface area contributed by atoms with Crippen molar-refractivity contribution in [1.29, 1.82) is 0 Å². The third-order valence-electron chi connectivity index (χ3n) is 3.98. The molecule has 148 valence electrons. The molecule has 2 heterocycles. The molecular weight excluding hydrogens is 475 g/mol. The number of guanidine groups is 1. The summed E-state index contributed by atoms with van der Waals surface area (Å²) in [5.41, 5.74) is 2.22. The minimum atomic E-state index is 0. The van der Waals surface area contributed by atoms with Crippen molar-refractivity contribution in [1.82, 2.24) is 15.6 Å². The minimum Gasteiger partial charge on any atom is -0.454 e. The summed E-state index contributed by atoms with van der Waals surface area (Å²) >= 11 is 1.75. The Kier molecular flexibility index (Phi) is 9.12. The smallest absolute Gasteiger partial charge is 0.231 e. The zero-order chi connectivity index (χ0) is 18.2. The molecule has 2 N–H and O–H groups in total. The van der Waals surface area contributed by atoms with E-state index in [2.05, 4.69) is 32.9 Å². The van der Waals surface area contributed by atoms with Gasteiger partial charge in [-0.1, -0.05) is 6.07 Å². The average Bonchev–Trinajstić information content (AvgIpc) is 3.27. The highest BCUT2D eigenvalue weighted by Gasteiger charge is 2.12. The van der Waals surface area contributed by atoms with Crippen molar-refractivity contribution in [3.63, 3.8) is 0 Å². The van der Waals surface area contributed by atoms with Crippen LogP contribution in [0.4, 0.5) is 0 Å². The van der Waals surface area contributed by atoms with E-state index in [-0.39, 0.29) is 24.0 Å². The number of halogens is 1. The van der Waals surface area contributed by atoms with E-state index < -0.39 is 0 Å². The van der Waals surface area contributed by atoms with E-state index in [9.17, 15) is 0 Å². The van der Waals surface area contributed by atoms with Gasteiger partial charge in [-0.05, 0) is 50.8 Å². The lowest BCUT2D eigenvalue weighted by Gasteiger charge is -2.11. The Bertz CT molecular complexity index is 751. The number of hydrogen-bond acceptors (Lipinski definition) is 5. The number of nitrogens with zero attached hydrogens (tertiary/aromatic N) is 2. The Hall–Kier alpha value is -1.55. The summed E-state index contributed by atoms with van der Waals surface area (Å²) < 4.78 is 10.8. The second kappa shape index (κ2) is 11.3. The molecule has 1 aliphatic rings. The predicted molar refractivity (Wildman–Crippen MR) is 121 cm³/mol. The van der Waals surface area contributed by atoms with E-state index in [0.717, 1.165) is 61.1 Å². The van der Waals surface area contributed by atoms with Gasteiger partial charge in [-0.15, -0.1) is 35.3 Å². The van der Waals surface area contributed by atoms with E-state index >= 15 is 0 Å². The number of benzene rings is 1. The van der Waals surface area contributed by atoms with Crippen LogP contribution in [-0.4, -0.2) is 30.8 Å². The van der Waals surface area contributed by atoms with Crippen molar-refractivity contribution in [3.8, 4) is 11.5 Å². The number of aliphatic imine (C=N–C) groups is 1. The molecule has 0 aliphatic carbocycles. The van der Waals surface area contributed by atoms with Crippen LogP contribution in [0, 0.1) is 6.92 Å². The largest absolute Gasteiger partial charge is 0.454 e. The van der Waals surface area contributed by atoms with Crippen LogP contribution in [0.2, 0.25) is 0 Å². The number of rotatable bonds is 8. The topological polar surface area (TPSA) is 67.8 Å². The Labute approximate surface area is 181 Å². The maximum Gasteiger partial charge on any atom is 0.231 e. The summed E-state index contributed by atoms with van der Waals surface area (Å²) in [6, 6.07) is 5.95. The summed E-state index contributed by atoms with van der Waals surface area (Å²) in [7, 11) is 0. The molecule has 0 atom stereocenters. The standard InChI is InChI=1S/C19H26N4O2S.HI/c1-3-20-19(21-9-5-4-6-18-23-14(2)12-26-18)22-11-15-7-8-16-17(10-15)25-13-24-16;/h7-8,10,12H,3-6,9,11,13H2,1-2H3,(H2,20,21,22);1H. The van der Waals surface area contributed by atoms with Gasteiger partial charge in [0.2, 0.25) is 6.79 Å². The van der Waals surface area contributed by atoms with Crippen LogP contribution in [0.25, 0.3) is 0 Å². The molecule has 0 saturated heterocycles. The van der Waals surface area contributed by atoms with Crippen LogP contribution >= 0.6 is 35.3 Å². The van der Waals surface area contributed by atoms with Gasteiger partial charge in [0.1, 0.15) is 0 Å². The summed E-state index contributed by atoms with van der Waals surface area (Å²) in [6.07, 6.45) is 3.26. The zero-order valence-electron chi connectivity index (χ0n) is 15.8. The number of aryl methyl sites for hydroxylation is 2. The Morgan fingerprint density at radius 2 is 2.07 bits per heavy atom. The monoisotopic (exact) mass is 502 g/mol. The molecule has 27 heavy (non-hydrogen) atoms. The summed E-state index contributed by atoms with van der Waals surface area (Å²) in [5.74, 6) is 2.45. The molecule has 0 fully saturated rings. The Morgan fingerprint density at radius 3 is 2.85 bits per heavy atom. The van der Waals surface area contributed by atoms with Crippen molar-refractivity contribution in [2.75, 3.05) is 19.9 Å². The highest BCUT2D eigenvalue weighted by molar-refractivity contribution is 14.0. The van der Waals surface area contributed by atoms with Crippen LogP contribution in [0.1, 0.15) is 36.0 Å². The number of ether oxygens (including phenoxy) is 2. The van der Waals surface area contributed by atoms with Crippen LogP contribution in [0.3, 0.4) is 0 Å². The van der Waals surface area contributed by atoms with Crippen molar-refractivity contribution in [3.05, 3.63) is 39.8 Å². The summed E-state index contributed by atoms with van der Waals surface area (Å²) in [4.78, 5) is 9.16. The lowest BCUT2D eigenvalue weighted by atomic mass is 10.2. The fourth-order valence-corrected chi connectivity index (χ4v) is 3.50. The first-order chi connectivity index (χ1) is 12.7. The maximum absolute atomic E-state index is 5.42. The number of hydrogen-bond donors (Lipinski definition) is 2. The third kappa shape index (κ3) is 6.84. The molecule has 3 rings (SSSR count). The molecule has 0 radical (unpaired) electrons. The number of thiazole rings is 1. The normalized spacial score (nSPS) is 12.6. The zero-order valence-corrected chi connectivity index (χ0v) is 18.9. The van der Waals surface area contributed by atoms with Gasteiger partial charge in [0.15, 0.2) is 17.5 Å². The predicted octanol–water partition coefficient (Wildman–Crippen LogP) is 3.88. The number of nitrogens with one attached hydrogen (secondary N) is 2. The number of fused-ring (bicyclic) bond motifs is 1. The molecule has 1 aromatic carbocycles. The number of aromatic nitrogens is 1. The van der Waals surface area contributed by atoms with Gasteiger partial charge in [-0.2, -0.15) is 0 Å². The first-order valence-corrected chi connectivity index (χ1v) is 9.94. The molecule has 1 aliphatic heterocycles. The van der Waals surface area contributed by atoms with E-state index in [1.54, 1.807) is 11.3 Å². The summed E-state index contributed by atoms with van der Waals surface area (Å²) in [5, 5.41) is 10.0. The van der Waals surface area contributed by atoms with E-state index in [1.807, 2.05) is 25.1 Å². The molecule has 8 heteroatoms. The first-order valence-electron chi connectivity index (χ1n) is 9.06. The molecule has 0 unspecified atom stereocenters. The van der Waals surface area contributed by atoms with E-state index in [0.29, 0.717) is 13.3 Å². The number of unbranched alkanes of at least 4 members (excludes halogenated alkanes) is 1. The van der Waals surface area contributed by atoms with Crippen molar-refractivity contribution >= 4 is 41.3 Å². The third-order valence-corrected chi connectivity index (χ3v) is 5.00. The van der Waals surface area contributed by atoms with E-state index in [1.165, 1.54) is 5.01 Å². The molecule has 0 bridgehead atoms. The van der Waals surface area contributed by atoms with Gasteiger partial charge < -0.3 is 20.1 Å². The second-order valence-corrected chi connectivity index (χ2v) is 7.09. The SMILES string of the molecule is CCNC(=NCc1ccc2c(c1)OCO2)NCCCCc1nc(C)cs1.I. The van der Waals surface area contributed by atoms with Crippen molar-refractivity contribution in [2.24, 2.45) is 4.99 Å². The van der Waals surface area contributed by atoms with Crippen LogP contribution < -0.4 is 20.1 Å². The molecule has 0 saturated carbocycles. The van der Waals surface area contributed by atoms with Crippen LogP contribution in [0.5, 0.6) is 11.5 Å². The first kappa shape index (κ1) is 21.7. The van der Waals surface area contributed by atoms with Crippen molar-refractivity contribution < 1.29 is 9.47 Å². The molecule has 0 amide bonds. The minimum absolute atomic E-state index is 0. The lowest BCUT2D eigenvalue weighted by molar-refractivity contribution is 0.174. The summed E-state index contributed by atoms with van der Waals surface area (Å²) in [6.45, 7) is 6.75. The highest BCUT2D eigenvalue weighted by Crippen LogP contribution is 2.32. The molecule has 2 aromatic rings. The molecule has 1 aromatic heterocycles. The quantitative estimate of drug-likeness (QED) is 0.248. The Balaban J connectivity index is 0.00000261. The van der Waals surface area contributed by atoms with E-state index in [4.69, 9.17) is 9.47 Å². The average molecular weight is 502 g/mol. The van der Waals surface area contributed by atoms with Crippen LogP contribution in [-0.2, 0) is 13.0 Å². The van der Waals surface area contributed by atoms with Crippen molar-refractivity contribution in [2.45, 2.75) is 39.7 Å². The molecular formula is C19H27IN4O2S. The van der Waals surface area contributed by atoms with Crippen LogP contribution in [0.15, 0.2) is 28.6 Å². The maximum atomic E-state index is 5.42. The van der Waals surface area contributed by atoms with Gasteiger partial charge in [0.25, 0.3) is 0 Å². The van der Waals surface area contributed by atoms with Gasteiger partial charge in [0, 0.05) is 24.2 Å². The fourth-order valence-electron chi connectivity index (χ4n) is 2.68. The van der Waals surface area contributed by atoms with Gasteiger partial charge >= 0.3 is 0 Å². The van der Waals surface area contributed by atoms with Gasteiger partial charge in [-0.3, -0.25) is 0 Å². The Morgan fingerprint density at radius 1 is 1.22 bits per heavy atom. The molecule has 0 spiro atoms. The molecule has 6 nitrogen and oxygen atoms in total. The van der Waals surface area contributed by atoms with Gasteiger partial charge in [0.05, 0.1) is 11.6 Å². The van der Waals surface area contributed by atoms with Gasteiger partial charge in [-0.25, -0.2) is 9.98 Å².